The first-order valence-electron chi connectivity index (χ1n) is 12.8. The van der Waals surface area contributed by atoms with E-state index < -0.39 is 14.8 Å². The monoisotopic (exact) mass is 533 g/mol. The van der Waals surface area contributed by atoms with Crippen molar-refractivity contribution >= 4 is 44.1 Å². The van der Waals surface area contributed by atoms with Crippen LogP contribution in [0.1, 0.15) is 26.3 Å². The van der Waals surface area contributed by atoms with E-state index in [0.29, 0.717) is 11.6 Å². The van der Waals surface area contributed by atoms with Crippen molar-refractivity contribution in [3.05, 3.63) is 66.5 Å². The molecule has 1 fully saturated rings. The average molecular weight is 534 g/mol. The van der Waals surface area contributed by atoms with Crippen LogP contribution in [0.3, 0.4) is 0 Å². The summed E-state index contributed by atoms with van der Waals surface area (Å²) in [5.41, 5.74) is 5.05. The van der Waals surface area contributed by atoms with Crippen LogP contribution in [0.15, 0.2) is 60.9 Å². The molecule has 10 heteroatoms. The predicted molar refractivity (Wildman–Crippen MR) is 155 cm³/mol. The summed E-state index contributed by atoms with van der Waals surface area (Å²) in [7, 11) is -1.40. The third-order valence-electron chi connectivity index (χ3n) is 6.97. The molecule has 4 aromatic rings. The zero-order valence-electron chi connectivity index (χ0n) is 22.6. The van der Waals surface area contributed by atoms with Gasteiger partial charge in [-0.15, -0.1) is 0 Å². The Bertz CT molecular complexity index is 1550. The summed E-state index contributed by atoms with van der Waals surface area (Å²) in [4.78, 5) is 14.0. The van der Waals surface area contributed by atoms with Gasteiger partial charge in [-0.3, -0.25) is 4.72 Å². The molecule has 1 saturated heterocycles. The van der Waals surface area contributed by atoms with E-state index >= 15 is 0 Å². The summed E-state index contributed by atoms with van der Waals surface area (Å²) >= 11 is 0. The Kier molecular flexibility index (Phi) is 6.79. The number of rotatable bonds is 6. The Morgan fingerprint density at radius 2 is 1.61 bits per heavy atom. The Morgan fingerprint density at radius 3 is 2.29 bits per heavy atom. The molecular formula is C28H35N7O2S. The number of piperazine rings is 1. The van der Waals surface area contributed by atoms with Crippen LogP contribution in [0, 0.1) is 6.92 Å². The molecule has 2 aromatic carbocycles. The van der Waals surface area contributed by atoms with Crippen LogP contribution in [0.4, 0.5) is 23.0 Å². The maximum absolute atomic E-state index is 12.8. The molecule has 200 valence electrons. The fourth-order valence-electron chi connectivity index (χ4n) is 4.30. The molecule has 0 amide bonds. The van der Waals surface area contributed by atoms with Crippen molar-refractivity contribution in [2.45, 2.75) is 32.4 Å². The first-order valence-corrected chi connectivity index (χ1v) is 14.3. The van der Waals surface area contributed by atoms with Gasteiger partial charge in [-0.1, -0.05) is 6.07 Å². The minimum absolute atomic E-state index is 0.491. The number of likely N-dealkylation sites (N-methyl/N-ethyl adjacent to an activating group) is 1. The van der Waals surface area contributed by atoms with E-state index in [9.17, 15) is 8.42 Å². The molecule has 0 saturated carbocycles. The largest absolute Gasteiger partial charge is 0.369 e. The Morgan fingerprint density at radius 1 is 0.921 bits per heavy atom. The molecule has 9 nitrogen and oxygen atoms in total. The predicted octanol–water partition coefficient (Wildman–Crippen LogP) is 4.76. The lowest BCUT2D eigenvalue weighted by Crippen LogP contribution is -2.44. The average Bonchev–Trinajstić information content (AvgIpc) is 3.29. The summed E-state index contributed by atoms with van der Waals surface area (Å²) in [6.45, 7) is 11.1. The molecule has 0 aliphatic carbocycles. The van der Waals surface area contributed by atoms with E-state index in [1.54, 1.807) is 27.0 Å². The number of anilines is 4. The zero-order chi connectivity index (χ0) is 27.1. The molecule has 0 unspecified atom stereocenters. The van der Waals surface area contributed by atoms with Crippen molar-refractivity contribution in [3.8, 4) is 5.69 Å². The summed E-state index contributed by atoms with van der Waals surface area (Å²) in [5, 5.41) is 4.20. The number of aromatic nitrogens is 3. The molecule has 5 rings (SSSR count). The number of aryl methyl sites for hydroxylation is 1. The number of hydrogen-bond acceptors (Lipinski definition) is 7. The van der Waals surface area contributed by atoms with E-state index in [2.05, 4.69) is 44.0 Å². The van der Waals surface area contributed by atoms with E-state index in [4.69, 9.17) is 4.98 Å². The van der Waals surface area contributed by atoms with E-state index in [0.717, 1.165) is 54.2 Å². The van der Waals surface area contributed by atoms with Crippen LogP contribution >= 0.6 is 0 Å². The fourth-order valence-corrected chi connectivity index (χ4v) is 5.12. The number of hydrogen-bond donors (Lipinski definition) is 2. The van der Waals surface area contributed by atoms with Gasteiger partial charge in [0.2, 0.25) is 16.0 Å². The van der Waals surface area contributed by atoms with Gasteiger partial charge in [0.1, 0.15) is 5.65 Å². The molecule has 0 atom stereocenters. The van der Waals surface area contributed by atoms with Gasteiger partial charge in [0.15, 0.2) is 0 Å². The standard InChI is InChI=1S/C28H35N7O2S/c1-20-6-9-24(18-25(20)32-38(36,37)28(2,3)4)35-13-12-21-19-29-27(31-26(21)35)30-22-7-10-23(11-8-22)34-16-14-33(5)15-17-34/h6-13,18-19,32H,14-17H2,1-5H3,(H,29,30,31). The van der Waals surface area contributed by atoms with Crippen molar-refractivity contribution in [2.24, 2.45) is 0 Å². The van der Waals surface area contributed by atoms with Gasteiger partial charge < -0.3 is 19.7 Å². The molecule has 0 bridgehead atoms. The van der Waals surface area contributed by atoms with Crippen molar-refractivity contribution in [2.75, 3.05) is 48.2 Å². The van der Waals surface area contributed by atoms with Crippen LogP contribution < -0.4 is 14.9 Å². The SMILES string of the molecule is Cc1ccc(-n2ccc3cnc(Nc4ccc(N5CCN(C)CC5)cc4)nc32)cc1NS(=O)(=O)C(C)(C)C. The summed E-state index contributed by atoms with van der Waals surface area (Å²) in [6, 6.07) is 16.0. The lowest BCUT2D eigenvalue weighted by atomic mass is 10.2. The highest BCUT2D eigenvalue weighted by Gasteiger charge is 2.29. The zero-order valence-corrected chi connectivity index (χ0v) is 23.4. The van der Waals surface area contributed by atoms with Gasteiger partial charge in [-0.05, 0) is 82.8 Å². The molecule has 0 spiro atoms. The lowest BCUT2D eigenvalue weighted by molar-refractivity contribution is 0.313. The molecule has 2 N–H and O–H groups in total. The maximum atomic E-state index is 12.8. The highest BCUT2D eigenvalue weighted by Crippen LogP contribution is 2.28. The number of nitrogens with zero attached hydrogens (tertiary/aromatic N) is 5. The summed E-state index contributed by atoms with van der Waals surface area (Å²) < 4.78 is 29.3. The second-order valence-corrected chi connectivity index (χ2v) is 13.3. The third-order valence-corrected chi connectivity index (χ3v) is 9.07. The topological polar surface area (TPSA) is 95.4 Å². The molecule has 3 heterocycles. The minimum Gasteiger partial charge on any atom is -0.369 e. The van der Waals surface area contributed by atoms with Crippen LogP contribution in [-0.4, -0.2) is 65.8 Å². The van der Waals surface area contributed by atoms with Crippen LogP contribution in [0.2, 0.25) is 0 Å². The molecule has 2 aromatic heterocycles. The third kappa shape index (κ3) is 5.32. The van der Waals surface area contributed by atoms with Gasteiger partial charge in [-0.2, -0.15) is 4.98 Å². The van der Waals surface area contributed by atoms with Gasteiger partial charge in [-0.25, -0.2) is 13.4 Å². The lowest BCUT2D eigenvalue weighted by Gasteiger charge is -2.34. The van der Waals surface area contributed by atoms with Gasteiger partial charge in [0.05, 0.1) is 10.4 Å². The van der Waals surface area contributed by atoms with Gasteiger partial charge in [0, 0.05) is 61.0 Å². The summed E-state index contributed by atoms with van der Waals surface area (Å²) in [5.74, 6) is 0.491. The Hall–Kier alpha value is -3.63. The number of benzene rings is 2. The highest BCUT2D eigenvalue weighted by molar-refractivity contribution is 7.94. The Balaban J connectivity index is 1.39. The van der Waals surface area contributed by atoms with Gasteiger partial charge >= 0.3 is 0 Å². The summed E-state index contributed by atoms with van der Waals surface area (Å²) in [6.07, 6.45) is 3.71. The number of nitrogens with one attached hydrogen (secondary N) is 2. The fraction of sp³-hybridized carbons (Fsp3) is 0.357. The minimum atomic E-state index is -3.56. The van der Waals surface area contributed by atoms with Crippen molar-refractivity contribution in [1.29, 1.82) is 0 Å². The van der Waals surface area contributed by atoms with Crippen LogP contribution in [0.5, 0.6) is 0 Å². The molecule has 1 aliphatic rings. The maximum Gasteiger partial charge on any atom is 0.237 e. The van der Waals surface area contributed by atoms with Crippen LogP contribution in [0.25, 0.3) is 16.7 Å². The highest BCUT2D eigenvalue weighted by atomic mass is 32.2. The van der Waals surface area contributed by atoms with E-state index in [1.807, 2.05) is 54.1 Å². The normalized spacial score (nSPS) is 15.1. The quantitative estimate of drug-likeness (QED) is 0.369. The number of sulfonamides is 1. The first kappa shape index (κ1) is 26.0. The van der Waals surface area contributed by atoms with Crippen LogP contribution in [-0.2, 0) is 10.0 Å². The molecule has 0 radical (unpaired) electrons. The number of fused-ring (bicyclic) bond motifs is 1. The van der Waals surface area contributed by atoms with Crippen molar-refractivity contribution in [3.63, 3.8) is 0 Å². The van der Waals surface area contributed by atoms with E-state index in [-0.39, 0.29) is 0 Å². The molecule has 38 heavy (non-hydrogen) atoms. The second kappa shape index (κ2) is 9.92. The second-order valence-electron chi connectivity index (χ2n) is 10.8. The molecule has 1 aliphatic heterocycles. The van der Waals surface area contributed by atoms with E-state index in [1.165, 1.54) is 5.69 Å². The Labute approximate surface area is 224 Å². The molecular weight excluding hydrogens is 498 g/mol. The smallest absolute Gasteiger partial charge is 0.237 e. The van der Waals surface area contributed by atoms with Crippen molar-refractivity contribution in [1.82, 2.24) is 19.4 Å². The first-order chi connectivity index (χ1) is 18.0. The van der Waals surface area contributed by atoms with Crippen molar-refractivity contribution < 1.29 is 8.42 Å². The van der Waals surface area contributed by atoms with Gasteiger partial charge in [0.25, 0.3) is 0 Å².